The molecule has 2 aliphatic carbocycles. The third-order valence-corrected chi connectivity index (χ3v) is 6.71. The van der Waals surface area contributed by atoms with E-state index in [4.69, 9.17) is 4.74 Å². The molecule has 0 aliphatic heterocycles. The first-order valence-electron chi connectivity index (χ1n) is 8.83. The van der Waals surface area contributed by atoms with Crippen LogP contribution in [0.15, 0.2) is 23.1 Å². The summed E-state index contributed by atoms with van der Waals surface area (Å²) in [6.45, 7) is 0. The number of nitrogens with zero attached hydrogens (tertiary/aromatic N) is 1. The van der Waals surface area contributed by atoms with E-state index in [2.05, 4.69) is 16.1 Å². The molecular weight excluding hydrogens is 354 g/mol. The number of carbonyl (C=O) groups excluding carboxylic acids is 1. The summed E-state index contributed by atoms with van der Waals surface area (Å²) in [7, 11) is -2.41. The highest BCUT2D eigenvalue weighted by Gasteiger charge is 2.39. The van der Waals surface area contributed by atoms with Crippen LogP contribution in [0.3, 0.4) is 0 Å². The van der Waals surface area contributed by atoms with Gasteiger partial charge >= 0.3 is 0 Å². The Kier molecular flexibility index (Phi) is 5.21. The van der Waals surface area contributed by atoms with Gasteiger partial charge in [0.1, 0.15) is 16.2 Å². The maximum Gasteiger partial charge on any atom is 0.252 e. The van der Waals surface area contributed by atoms with Crippen molar-refractivity contribution in [2.45, 2.75) is 61.4 Å². The molecule has 7 nitrogen and oxygen atoms in total. The zero-order chi connectivity index (χ0) is 18.8. The number of sulfonamides is 1. The number of benzene rings is 1. The normalized spacial score (nSPS) is 19.4. The molecule has 8 heteroatoms. The molecule has 26 heavy (non-hydrogen) atoms. The average molecular weight is 377 g/mol. The van der Waals surface area contributed by atoms with Crippen molar-refractivity contribution in [3.05, 3.63) is 23.8 Å². The quantitative estimate of drug-likeness (QED) is 0.789. The number of hydrogen-bond donors (Lipinski definition) is 2. The fourth-order valence-electron chi connectivity index (χ4n) is 3.44. The van der Waals surface area contributed by atoms with Crippen LogP contribution < -0.4 is 14.8 Å². The Morgan fingerprint density at radius 2 is 1.96 bits per heavy atom. The summed E-state index contributed by atoms with van der Waals surface area (Å²) in [6.07, 6.45) is 5.74. The van der Waals surface area contributed by atoms with Crippen LogP contribution in [-0.4, -0.2) is 33.0 Å². The van der Waals surface area contributed by atoms with E-state index in [1.54, 1.807) is 0 Å². The molecule has 3 rings (SSSR count). The Morgan fingerprint density at radius 3 is 2.50 bits per heavy atom. The first kappa shape index (κ1) is 18.7. The number of rotatable bonds is 6. The molecule has 1 aromatic rings. The summed E-state index contributed by atoms with van der Waals surface area (Å²) in [5.41, 5.74) is -0.642. The van der Waals surface area contributed by atoms with Crippen molar-refractivity contribution in [3.63, 3.8) is 0 Å². The molecule has 0 saturated heterocycles. The van der Waals surface area contributed by atoms with Gasteiger partial charge in [-0.25, -0.2) is 13.1 Å². The standard InChI is InChI=1S/C18H23N3O4S/c1-25-15-8-7-13(17(22)20-18(12-19)9-4-10-18)11-16(15)26(23,24)21-14-5-2-3-6-14/h7-8,11,14,21H,2-6,9-10H2,1H3,(H,20,22). The van der Waals surface area contributed by atoms with Crippen LogP contribution in [-0.2, 0) is 10.0 Å². The third kappa shape index (κ3) is 3.69. The molecule has 2 fully saturated rings. The van der Waals surface area contributed by atoms with E-state index >= 15 is 0 Å². The zero-order valence-electron chi connectivity index (χ0n) is 14.7. The van der Waals surface area contributed by atoms with Gasteiger partial charge in [-0.3, -0.25) is 4.79 Å². The Morgan fingerprint density at radius 1 is 1.27 bits per heavy atom. The second-order valence-corrected chi connectivity index (χ2v) is 8.65. The summed E-state index contributed by atoms with van der Waals surface area (Å²) in [5, 5.41) is 12.0. The predicted molar refractivity (Wildman–Crippen MR) is 95.2 cm³/mol. The van der Waals surface area contributed by atoms with Crippen LogP contribution in [0.1, 0.15) is 55.3 Å². The fraction of sp³-hybridized carbons (Fsp3) is 0.556. The average Bonchev–Trinajstić information content (AvgIpc) is 3.09. The summed E-state index contributed by atoms with van der Waals surface area (Å²) in [4.78, 5) is 12.5. The lowest BCUT2D eigenvalue weighted by Gasteiger charge is -2.35. The van der Waals surface area contributed by atoms with Crippen molar-refractivity contribution in [3.8, 4) is 11.8 Å². The molecule has 0 heterocycles. The predicted octanol–water partition coefficient (Wildman–Crippen LogP) is 2.09. The molecule has 0 spiro atoms. The highest BCUT2D eigenvalue weighted by Crippen LogP contribution is 2.32. The van der Waals surface area contributed by atoms with Crippen molar-refractivity contribution in [2.75, 3.05) is 7.11 Å². The highest BCUT2D eigenvalue weighted by atomic mass is 32.2. The van der Waals surface area contributed by atoms with E-state index in [0.29, 0.717) is 12.8 Å². The van der Waals surface area contributed by atoms with Gasteiger partial charge in [-0.2, -0.15) is 5.26 Å². The van der Waals surface area contributed by atoms with E-state index < -0.39 is 21.5 Å². The van der Waals surface area contributed by atoms with Crippen molar-refractivity contribution in [2.24, 2.45) is 0 Å². The number of nitriles is 1. The molecular formula is C18H23N3O4S. The molecule has 0 unspecified atom stereocenters. The monoisotopic (exact) mass is 377 g/mol. The Balaban J connectivity index is 1.86. The van der Waals surface area contributed by atoms with Gasteiger partial charge in [0.25, 0.3) is 5.91 Å². The van der Waals surface area contributed by atoms with Crippen molar-refractivity contribution >= 4 is 15.9 Å². The molecule has 0 bridgehead atoms. The number of ether oxygens (including phenoxy) is 1. The van der Waals surface area contributed by atoms with Crippen LogP contribution in [0, 0.1) is 11.3 Å². The molecule has 2 saturated carbocycles. The smallest absolute Gasteiger partial charge is 0.252 e. The van der Waals surface area contributed by atoms with Gasteiger partial charge in [0.15, 0.2) is 0 Å². The van der Waals surface area contributed by atoms with Gasteiger partial charge in [-0.15, -0.1) is 0 Å². The third-order valence-electron chi connectivity index (χ3n) is 5.17. The van der Waals surface area contributed by atoms with Crippen molar-refractivity contribution < 1.29 is 17.9 Å². The number of hydrogen-bond acceptors (Lipinski definition) is 5. The lowest BCUT2D eigenvalue weighted by atomic mass is 9.78. The van der Waals surface area contributed by atoms with E-state index in [-0.39, 0.29) is 22.3 Å². The Bertz CT molecular complexity index is 834. The lowest BCUT2D eigenvalue weighted by molar-refractivity contribution is 0.0881. The second kappa shape index (κ2) is 7.25. The summed E-state index contributed by atoms with van der Waals surface area (Å²) < 4.78 is 33.4. The highest BCUT2D eigenvalue weighted by molar-refractivity contribution is 7.89. The molecule has 140 valence electrons. The topological polar surface area (TPSA) is 108 Å². The van der Waals surface area contributed by atoms with Crippen LogP contribution in [0.5, 0.6) is 5.75 Å². The van der Waals surface area contributed by atoms with Gasteiger partial charge in [0.2, 0.25) is 10.0 Å². The minimum Gasteiger partial charge on any atom is -0.495 e. The van der Waals surface area contributed by atoms with Gasteiger partial charge in [0.05, 0.1) is 13.2 Å². The van der Waals surface area contributed by atoms with Crippen LogP contribution in [0.2, 0.25) is 0 Å². The van der Waals surface area contributed by atoms with E-state index in [1.165, 1.54) is 25.3 Å². The van der Waals surface area contributed by atoms with Crippen molar-refractivity contribution in [1.82, 2.24) is 10.0 Å². The largest absolute Gasteiger partial charge is 0.495 e. The SMILES string of the molecule is COc1ccc(C(=O)NC2(C#N)CCC2)cc1S(=O)(=O)NC1CCCC1. The lowest BCUT2D eigenvalue weighted by Crippen LogP contribution is -2.52. The molecule has 1 aromatic carbocycles. The molecule has 0 radical (unpaired) electrons. The minimum atomic E-state index is -3.80. The first-order chi connectivity index (χ1) is 12.4. The van der Waals surface area contributed by atoms with Crippen molar-refractivity contribution in [1.29, 1.82) is 5.26 Å². The number of carbonyl (C=O) groups is 1. The molecule has 2 N–H and O–H groups in total. The van der Waals surface area contributed by atoms with E-state index in [0.717, 1.165) is 32.1 Å². The van der Waals surface area contributed by atoms with Crippen LogP contribution in [0.4, 0.5) is 0 Å². The van der Waals surface area contributed by atoms with Gasteiger partial charge in [-0.05, 0) is 50.3 Å². The zero-order valence-corrected chi connectivity index (χ0v) is 15.6. The summed E-state index contributed by atoms with van der Waals surface area (Å²) in [6, 6.07) is 6.35. The Labute approximate surface area is 153 Å². The number of nitrogens with one attached hydrogen (secondary N) is 2. The number of methoxy groups -OCH3 is 1. The van der Waals surface area contributed by atoms with E-state index in [1.807, 2.05) is 0 Å². The minimum absolute atomic E-state index is 0.0563. The van der Waals surface area contributed by atoms with Gasteiger partial charge in [0, 0.05) is 11.6 Å². The maximum atomic E-state index is 12.8. The van der Waals surface area contributed by atoms with Gasteiger partial charge < -0.3 is 10.1 Å². The molecule has 0 aromatic heterocycles. The van der Waals surface area contributed by atoms with E-state index in [9.17, 15) is 18.5 Å². The number of amides is 1. The summed E-state index contributed by atoms with van der Waals surface area (Å²) >= 11 is 0. The Hall–Kier alpha value is -2.11. The molecule has 2 aliphatic rings. The van der Waals surface area contributed by atoms with Crippen LogP contribution >= 0.6 is 0 Å². The second-order valence-electron chi connectivity index (χ2n) is 6.97. The molecule has 0 atom stereocenters. The summed E-state index contributed by atoms with van der Waals surface area (Å²) in [5.74, 6) is -0.267. The first-order valence-corrected chi connectivity index (χ1v) is 10.3. The maximum absolute atomic E-state index is 12.8. The molecule has 1 amide bonds. The fourth-order valence-corrected chi connectivity index (χ4v) is 4.94. The van der Waals surface area contributed by atoms with Gasteiger partial charge in [-0.1, -0.05) is 12.8 Å². The van der Waals surface area contributed by atoms with Crippen LogP contribution in [0.25, 0.3) is 0 Å².